The molecule has 0 bridgehead atoms. The van der Waals surface area contributed by atoms with Gasteiger partial charge < -0.3 is 4.74 Å². The number of thioether (sulfide) groups is 1. The highest BCUT2D eigenvalue weighted by Crippen LogP contribution is 2.34. The lowest BCUT2D eigenvalue weighted by Gasteiger charge is -2.23. The van der Waals surface area contributed by atoms with E-state index in [1.807, 2.05) is 50.2 Å². The number of nitrogens with zero attached hydrogens (tertiary/aromatic N) is 5. The van der Waals surface area contributed by atoms with E-state index >= 15 is 0 Å². The van der Waals surface area contributed by atoms with Crippen molar-refractivity contribution in [1.82, 2.24) is 25.6 Å². The number of rotatable bonds is 9. The van der Waals surface area contributed by atoms with Crippen molar-refractivity contribution in [3.8, 4) is 22.8 Å². The van der Waals surface area contributed by atoms with Crippen LogP contribution in [0, 0.1) is 6.92 Å². The number of thiocarbonyl (C=S) groups is 1. The molecule has 1 aliphatic heterocycles. The summed E-state index contributed by atoms with van der Waals surface area (Å²) in [4.78, 5) is 23.5. The second-order valence-corrected chi connectivity index (χ2v) is 12.2. The smallest absolute Gasteiger partial charge is 0.406 e. The van der Waals surface area contributed by atoms with Crippen LogP contribution in [0.25, 0.3) is 17.1 Å². The zero-order valence-electron chi connectivity index (χ0n) is 25.5. The molecular weight excluding hydrogens is 636 g/mol. The predicted octanol–water partition coefficient (Wildman–Crippen LogP) is 7.23. The van der Waals surface area contributed by atoms with E-state index in [0.29, 0.717) is 22.4 Å². The van der Waals surface area contributed by atoms with E-state index in [1.54, 1.807) is 4.90 Å². The average molecular weight is 668 g/mol. The summed E-state index contributed by atoms with van der Waals surface area (Å²) in [6.45, 7) is 8.22. The summed E-state index contributed by atoms with van der Waals surface area (Å²) in [5, 5.41) is 5.21. The summed E-state index contributed by atoms with van der Waals surface area (Å²) in [6, 6.07) is 19.1. The molecule has 5 rings (SSSR count). The van der Waals surface area contributed by atoms with Gasteiger partial charge in [0.2, 0.25) is 11.0 Å². The van der Waals surface area contributed by atoms with Gasteiger partial charge in [-0.25, -0.2) is 15.1 Å². The first-order valence-corrected chi connectivity index (χ1v) is 15.9. The highest BCUT2D eigenvalue weighted by molar-refractivity contribution is 8.15. The minimum atomic E-state index is -4.76. The summed E-state index contributed by atoms with van der Waals surface area (Å²) >= 11 is 6.89. The number of nitrogens with one attached hydrogen (secondary N) is 2. The molecule has 2 heterocycles. The second-order valence-electron chi connectivity index (χ2n) is 10.8. The van der Waals surface area contributed by atoms with Crippen LogP contribution in [0.4, 0.5) is 18.9 Å². The van der Waals surface area contributed by atoms with Gasteiger partial charge in [-0.05, 0) is 78.5 Å². The van der Waals surface area contributed by atoms with Crippen molar-refractivity contribution in [3.63, 3.8) is 0 Å². The number of benzene rings is 3. The van der Waals surface area contributed by atoms with E-state index in [2.05, 4.69) is 50.6 Å². The van der Waals surface area contributed by atoms with Crippen LogP contribution in [0.3, 0.4) is 0 Å². The molecule has 9 nitrogen and oxygen atoms in total. The van der Waals surface area contributed by atoms with E-state index in [-0.39, 0.29) is 28.7 Å². The van der Waals surface area contributed by atoms with Gasteiger partial charge in [-0.3, -0.25) is 15.1 Å². The number of alkyl halides is 3. The Bertz CT molecular complexity index is 1740. The number of aryl methyl sites for hydroxylation is 1. The van der Waals surface area contributed by atoms with Crippen molar-refractivity contribution in [1.29, 1.82) is 0 Å². The molecule has 14 heteroatoms. The third-order valence-electron chi connectivity index (χ3n) is 7.17. The summed E-state index contributed by atoms with van der Waals surface area (Å²) in [7, 11) is 0. The molecule has 1 aromatic heterocycles. The number of aromatic nitrogens is 3. The Morgan fingerprint density at radius 3 is 2.48 bits per heavy atom. The van der Waals surface area contributed by atoms with Crippen LogP contribution in [-0.4, -0.2) is 43.1 Å². The number of anilines is 1. The van der Waals surface area contributed by atoms with Crippen LogP contribution >= 0.6 is 24.0 Å². The molecule has 1 unspecified atom stereocenters. The van der Waals surface area contributed by atoms with Crippen molar-refractivity contribution in [3.05, 3.63) is 89.7 Å². The van der Waals surface area contributed by atoms with Gasteiger partial charge in [-0.2, -0.15) is 4.99 Å². The predicted molar refractivity (Wildman–Crippen MR) is 178 cm³/mol. The maximum Gasteiger partial charge on any atom is 0.573 e. The van der Waals surface area contributed by atoms with E-state index in [4.69, 9.17) is 12.2 Å². The number of hydrogen-bond acceptors (Lipinski definition) is 7. The first-order chi connectivity index (χ1) is 21.9. The molecule has 0 aliphatic carbocycles. The van der Waals surface area contributed by atoms with E-state index in [1.165, 1.54) is 47.0 Å². The Balaban J connectivity index is 1.23. The van der Waals surface area contributed by atoms with Crippen molar-refractivity contribution in [2.45, 2.75) is 52.4 Å². The Morgan fingerprint density at radius 1 is 1.11 bits per heavy atom. The van der Waals surface area contributed by atoms with E-state index in [0.717, 1.165) is 34.4 Å². The minimum Gasteiger partial charge on any atom is -0.406 e. The average Bonchev–Trinajstić information content (AvgIpc) is 3.64. The molecule has 0 radical (unpaired) electrons. The molecule has 1 fully saturated rings. The number of carbonyl (C=O) groups is 1. The summed E-state index contributed by atoms with van der Waals surface area (Å²) in [5.41, 5.74) is 11.5. The Morgan fingerprint density at radius 2 is 1.83 bits per heavy atom. The number of hydrogen-bond donors (Lipinski definition) is 2. The van der Waals surface area contributed by atoms with Gasteiger partial charge in [0.25, 0.3) is 0 Å². The molecule has 0 saturated carbocycles. The fraction of sp³-hybridized carbons (Fsp3) is 0.281. The first-order valence-electron chi connectivity index (χ1n) is 14.5. The zero-order valence-corrected chi connectivity index (χ0v) is 27.1. The normalized spacial score (nSPS) is 15.1. The Kier molecular flexibility index (Phi) is 10.1. The van der Waals surface area contributed by atoms with Crippen LogP contribution < -0.4 is 20.5 Å². The molecule has 1 amide bonds. The van der Waals surface area contributed by atoms with Crippen molar-refractivity contribution in [2.75, 3.05) is 10.7 Å². The summed E-state index contributed by atoms with van der Waals surface area (Å²) < 4.78 is 42.7. The van der Waals surface area contributed by atoms with Crippen LogP contribution in [0.15, 0.2) is 78.0 Å². The van der Waals surface area contributed by atoms with Crippen LogP contribution in [0.5, 0.6) is 5.75 Å². The molecule has 1 aliphatic rings. The fourth-order valence-corrected chi connectivity index (χ4v) is 5.96. The van der Waals surface area contributed by atoms with Crippen LogP contribution in [-0.2, 0) is 4.79 Å². The molecule has 4 aromatic rings. The van der Waals surface area contributed by atoms with Gasteiger partial charge in [0, 0.05) is 5.56 Å². The number of aliphatic imine (C=N–C) groups is 1. The van der Waals surface area contributed by atoms with E-state index < -0.39 is 6.36 Å². The number of amides is 1. The largest absolute Gasteiger partial charge is 0.573 e. The lowest BCUT2D eigenvalue weighted by atomic mass is 9.99. The van der Waals surface area contributed by atoms with Crippen LogP contribution in [0.2, 0.25) is 0 Å². The summed E-state index contributed by atoms with van der Waals surface area (Å²) in [6.07, 6.45) is -2.52. The highest BCUT2D eigenvalue weighted by Gasteiger charge is 2.32. The molecular formula is C32H32F3N7O2S2. The second kappa shape index (κ2) is 14.0. The van der Waals surface area contributed by atoms with Crippen molar-refractivity contribution in [2.24, 2.45) is 4.99 Å². The lowest BCUT2D eigenvalue weighted by molar-refractivity contribution is -0.274. The third kappa shape index (κ3) is 7.92. The van der Waals surface area contributed by atoms with Gasteiger partial charge >= 0.3 is 6.36 Å². The standard InChI is InChI=1S/C32H32F3N7O2S2/c1-5-26(38-39-30(45)37-31-42(28(43)17-46-31)27-16-20(4)6-15-25(27)19(2)3)21-7-9-22(10-8-21)29-36-18-41(40-29)23-11-13-24(14-12-23)44-32(33,34)35/h6-16,18-19,26,38H,5,17H2,1-4H3,(H,39,45). The molecule has 3 aromatic carbocycles. The number of ether oxygens (including phenoxy) is 1. The van der Waals surface area contributed by atoms with E-state index in [9.17, 15) is 18.0 Å². The quantitative estimate of drug-likeness (QED) is 0.143. The van der Waals surface area contributed by atoms with Crippen LogP contribution in [0.1, 0.15) is 55.8 Å². The van der Waals surface area contributed by atoms with Gasteiger partial charge in [0.1, 0.15) is 12.1 Å². The summed E-state index contributed by atoms with van der Waals surface area (Å²) in [5.74, 6) is 0.631. The molecule has 46 heavy (non-hydrogen) atoms. The minimum absolute atomic E-state index is 0.0358. The topological polar surface area (TPSA) is 96.7 Å². The molecule has 2 N–H and O–H groups in total. The maximum atomic E-state index is 12.9. The van der Waals surface area contributed by atoms with Gasteiger partial charge in [-0.15, -0.1) is 18.3 Å². The maximum absolute atomic E-state index is 12.9. The van der Waals surface area contributed by atoms with Crippen molar-refractivity contribution >= 4 is 45.9 Å². The number of hydrazine groups is 1. The monoisotopic (exact) mass is 667 g/mol. The lowest BCUT2D eigenvalue weighted by Crippen LogP contribution is -2.39. The third-order valence-corrected chi connectivity index (χ3v) is 8.29. The highest BCUT2D eigenvalue weighted by atomic mass is 32.2. The van der Waals surface area contributed by atoms with Gasteiger partial charge in [-0.1, -0.05) is 68.9 Å². The Hall–Kier alpha value is -4.27. The van der Waals surface area contributed by atoms with Gasteiger partial charge in [0.05, 0.1) is 23.2 Å². The van der Waals surface area contributed by atoms with Crippen molar-refractivity contribution < 1.29 is 22.7 Å². The number of halogens is 3. The number of amidine groups is 1. The molecule has 240 valence electrons. The Labute approximate surface area is 274 Å². The SMILES string of the molecule is CCC(NNC(=S)N=C1SCC(=O)N1c1cc(C)ccc1C(C)C)c1ccc(-c2ncn(-c3ccc(OC(F)(F)F)cc3)n2)cc1. The van der Waals surface area contributed by atoms with Gasteiger partial charge in [0.15, 0.2) is 11.0 Å². The first kappa shape index (κ1) is 33.1. The fourth-order valence-electron chi connectivity index (χ4n) is 4.89. The molecule has 0 spiro atoms. The zero-order chi connectivity index (χ0) is 33.0. The molecule has 1 atom stereocenters. The molecule has 1 saturated heterocycles. The number of carbonyl (C=O) groups excluding carboxylic acids is 1.